The molecule has 0 fully saturated rings. The Morgan fingerprint density at radius 3 is 2.19 bits per heavy atom. The SMILES string of the molecule is CC(=O)Nc1s/c(=N\N=C\c2ccccc2)n(Cc2ccccc2)c1-c1ccccc1. The van der Waals surface area contributed by atoms with E-state index in [0.717, 1.165) is 27.4 Å². The first-order valence-electron chi connectivity index (χ1n) is 9.93. The number of hydrogen-bond donors (Lipinski definition) is 1. The van der Waals surface area contributed by atoms with Crippen molar-refractivity contribution in [3.63, 3.8) is 0 Å². The Morgan fingerprint density at radius 2 is 1.55 bits per heavy atom. The average molecular weight is 427 g/mol. The molecule has 4 rings (SSSR count). The number of amides is 1. The van der Waals surface area contributed by atoms with Crippen LogP contribution in [-0.4, -0.2) is 16.7 Å². The Bertz CT molecular complexity index is 1240. The van der Waals surface area contributed by atoms with E-state index >= 15 is 0 Å². The molecule has 0 aliphatic rings. The van der Waals surface area contributed by atoms with Crippen LogP contribution in [0, 0.1) is 0 Å². The molecule has 1 amide bonds. The molecule has 0 spiro atoms. The topological polar surface area (TPSA) is 58.8 Å². The van der Waals surface area contributed by atoms with Crippen LogP contribution in [0.15, 0.2) is 101 Å². The first-order chi connectivity index (χ1) is 15.2. The lowest BCUT2D eigenvalue weighted by molar-refractivity contribution is -0.114. The van der Waals surface area contributed by atoms with Gasteiger partial charge in [-0.2, -0.15) is 5.10 Å². The van der Waals surface area contributed by atoms with E-state index in [9.17, 15) is 4.79 Å². The number of nitrogens with one attached hydrogen (secondary N) is 1. The molecule has 3 aromatic carbocycles. The van der Waals surface area contributed by atoms with Crippen LogP contribution in [0.3, 0.4) is 0 Å². The van der Waals surface area contributed by atoms with Crippen molar-refractivity contribution in [2.75, 3.05) is 5.32 Å². The quantitative estimate of drug-likeness (QED) is 0.336. The maximum Gasteiger partial charge on any atom is 0.221 e. The third-order valence-electron chi connectivity index (χ3n) is 4.58. The van der Waals surface area contributed by atoms with Crippen molar-refractivity contribution in [1.82, 2.24) is 4.57 Å². The smallest absolute Gasteiger partial charge is 0.221 e. The van der Waals surface area contributed by atoms with Crippen molar-refractivity contribution in [3.8, 4) is 11.3 Å². The average Bonchev–Trinajstić information content (AvgIpc) is 3.11. The Hall–Kier alpha value is -3.77. The van der Waals surface area contributed by atoms with Crippen molar-refractivity contribution in [3.05, 3.63) is 107 Å². The standard InChI is InChI=1S/C25H22N4OS/c1-19(30)27-24-23(22-15-9-4-10-16-22)29(18-21-13-7-3-8-14-21)25(31-24)28-26-17-20-11-5-2-6-12-20/h2-17H,18H2,1H3,(H,27,30)/b26-17+,28-25-. The second-order valence-electron chi connectivity index (χ2n) is 6.94. The molecule has 0 radical (unpaired) electrons. The molecule has 0 unspecified atom stereocenters. The van der Waals surface area contributed by atoms with Gasteiger partial charge in [-0.25, -0.2) is 0 Å². The monoisotopic (exact) mass is 426 g/mol. The number of carbonyl (C=O) groups is 1. The van der Waals surface area contributed by atoms with E-state index < -0.39 is 0 Å². The molecule has 1 N–H and O–H groups in total. The summed E-state index contributed by atoms with van der Waals surface area (Å²) in [4.78, 5) is 12.6. The highest BCUT2D eigenvalue weighted by Crippen LogP contribution is 2.31. The molecule has 0 aliphatic heterocycles. The number of hydrogen-bond acceptors (Lipinski definition) is 4. The Balaban J connectivity index is 1.86. The highest BCUT2D eigenvalue weighted by Gasteiger charge is 2.17. The lowest BCUT2D eigenvalue weighted by atomic mass is 10.1. The first kappa shape index (κ1) is 20.5. The van der Waals surface area contributed by atoms with Gasteiger partial charge in [0, 0.05) is 12.5 Å². The minimum atomic E-state index is -0.121. The van der Waals surface area contributed by atoms with Gasteiger partial charge >= 0.3 is 0 Å². The molecule has 1 aromatic heterocycles. The van der Waals surface area contributed by atoms with Crippen LogP contribution in [0.2, 0.25) is 0 Å². The maximum atomic E-state index is 11.9. The van der Waals surface area contributed by atoms with Gasteiger partial charge < -0.3 is 9.88 Å². The Kier molecular flexibility index (Phi) is 6.50. The number of carbonyl (C=O) groups excluding carboxylic acids is 1. The largest absolute Gasteiger partial charge is 0.316 e. The first-order valence-corrected chi connectivity index (χ1v) is 10.7. The van der Waals surface area contributed by atoms with E-state index in [1.165, 1.54) is 18.3 Å². The Labute approximate surface area is 185 Å². The molecule has 4 aromatic rings. The zero-order valence-corrected chi connectivity index (χ0v) is 17.9. The summed E-state index contributed by atoms with van der Waals surface area (Å²) in [5.41, 5.74) is 4.04. The highest BCUT2D eigenvalue weighted by atomic mass is 32.1. The van der Waals surface area contributed by atoms with Crippen molar-refractivity contribution in [2.24, 2.45) is 10.2 Å². The van der Waals surface area contributed by atoms with Crippen molar-refractivity contribution in [1.29, 1.82) is 0 Å². The van der Waals surface area contributed by atoms with Gasteiger partial charge in [0.05, 0.1) is 18.5 Å². The maximum absolute atomic E-state index is 11.9. The third-order valence-corrected chi connectivity index (χ3v) is 5.56. The molecule has 1 heterocycles. The van der Waals surface area contributed by atoms with Crippen LogP contribution >= 0.6 is 11.3 Å². The normalized spacial score (nSPS) is 11.7. The number of thiazole rings is 1. The second-order valence-corrected chi connectivity index (χ2v) is 7.91. The minimum Gasteiger partial charge on any atom is -0.316 e. The van der Waals surface area contributed by atoms with Crippen LogP contribution in [0.4, 0.5) is 5.00 Å². The molecule has 6 heteroatoms. The van der Waals surface area contributed by atoms with Crippen molar-refractivity contribution < 1.29 is 4.79 Å². The van der Waals surface area contributed by atoms with Crippen LogP contribution < -0.4 is 10.1 Å². The second kappa shape index (κ2) is 9.82. The fourth-order valence-corrected chi connectivity index (χ4v) is 4.27. The molecule has 0 saturated heterocycles. The van der Waals surface area contributed by atoms with Gasteiger partial charge in [-0.05, 0) is 11.1 Å². The molecule has 0 aliphatic carbocycles. The molecule has 0 bridgehead atoms. The zero-order valence-electron chi connectivity index (χ0n) is 17.1. The summed E-state index contributed by atoms with van der Waals surface area (Å²) in [7, 11) is 0. The van der Waals surface area contributed by atoms with Crippen LogP contribution in [0.5, 0.6) is 0 Å². The van der Waals surface area contributed by atoms with Gasteiger partial charge in [0.15, 0.2) is 0 Å². The summed E-state index contributed by atoms with van der Waals surface area (Å²) in [5.74, 6) is -0.121. The molecular weight excluding hydrogens is 404 g/mol. The fourth-order valence-electron chi connectivity index (χ4n) is 3.21. The van der Waals surface area contributed by atoms with Crippen molar-refractivity contribution >= 4 is 28.5 Å². The Morgan fingerprint density at radius 1 is 0.935 bits per heavy atom. The van der Waals surface area contributed by atoms with Gasteiger partial charge in [-0.1, -0.05) is 102 Å². The van der Waals surface area contributed by atoms with Gasteiger partial charge in [0.1, 0.15) is 5.00 Å². The third kappa shape index (κ3) is 5.24. The van der Waals surface area contributed by atoms with Crippen molar-refractivity contribution in [2.45, 2.75) is 13.5 Å². The summed E-state index contributed by atoms with van der Waals surface area (Å²) in [6.45, 7) is 2.13. The molecule has 0 saturated carbocycles. The summed E-state index contributed by atoms with van der Waals surface area (Å²) in [5, 5.41) is 12.6. The van der Waals surface area contributed by atoms with E-state index in [0.29, 0.717) is 11.3 Å². The van der Waals surface area contributed by atoms with Gasteiger partial charge in [-0.3, -0.25) is 4.79 Å². The number of aromatic nitrogens is 1. The zero-order chi connectivity index (χ0) is 21.5. The lowest BCUT2D eigenvalue weighted by Crippen LogP contribution is -2.17. The van der Waals surface area contributed by atoms with Gasteiger partial charge in [0.25, 0.3) is 0 Å². The van der Waals surface area contributed by atoms with E-state index in [-0.39, 0.29) is 5.91 Å². The molecular formula is C25H22N4OS. The predicted molar refractivity (Wildman–Crippen MR) is 127 cm³/mol. The van der Waals surface area contributed by atoms with E-state index in [1.54, 1.807) is 6.21 Å². The van der Waals surface area contributed by atoms with Crippen LogP contribution in [0.25, 0.3) is 11.3 Å². The van der Waals surface area contributed by atoms with E-state index in [4.69, 9.17) is 0 Å². The fraction of sp³-hybridized carbons (Fsp3) is 0.0800. The van der Waals surface area contributed by atoms with E-state index in [1.807, 2.05) is 78.9 Å². The van der Waals surface area contributed by atoms with Crippen LogP contribution in [0.1, 0.15) is 18.1 Å². The molecule has 5 nitrogen and oxygen atoms in total. The molecule has 31 heavy (non-hydrogen) atoms. The van der Waals surface area contributed by atoms with E-state index in [2.05, 4.69) is 32.2 Å². The molecule has 154 valence electrons. The number of benzene rings is 3. The highest BCUT2D eigenvalue weighted by molar-refractivity contribution is 7.14. The van der Waals surface area contributed by atoms with Crippen LogP contribution in [-0.2, 0) is 11.3 Å². The number of rotatable bonds is 6. The summed E-state index contributed by atoms with van der Waals surface area (Å²) in [6, 6.07) is 30.1. The summed E-state index contributed by atoms with van der Waals surface area (Å²) in [6.07, 6.45) is 1.73. The number of nitrogens with zero attached hydrogens (tertiary/aromatic N) is 3. The molecule has 0 atom stereocenters. The predicted octanol–water partition coefficient (Wildman–Crippen LogP) is 5.16. The minimum absolute atomic E-state index is 0.121. The lowest BCUT2D eigenvalue weighted by Gasteiger charge is -2.11. The van der Waals surface area contributed by atoms with Gasteiger partial charge in [-0.15, -0.1) is 5.10 Å². The summed E-state index contributed by atoms with van der Waals surface area (Å²) < 4.78 is 2.10. The van der Waals surface area contributed by atoms with Gasteiger partial charge in [0.2, 0.25) is 10.7 Å². The number of anilines is 1. The summed E-state index contributed by atoms with van der Waals surface area (Å²) >= 11 is 1.41.